The van der Waals surface area contributed by atoms with Crippen molar-refractivity contribution >= 4 is 0 Å². The van der Waals surface area contributed by atoms with Crippen molar-refractivity contribution in [3.63, 3.8) is 0 Å². The number of nitrogens with one attached hydrogen (secondary N) is 1. The van der Waals surface area contributed by atoms with Crippen molar-refractivity contribution in [3.8, 4) is 0 Å². The summed E-state index contributed by atoms with van der Waals surface area (Å²) in [5, 5.41) is 3.24. The molecule has 2 unspecified atom stereocenters. The molecule has 1 N–H and O–H groups in total. The van der Waals surface area contributed by atoms with Crippen LogP contribution in [0.1, 0.15) is 43.7 Å². The Balaban J connectivity index is 2.00. The summed E-state index contributed by atoms with van der Waals surface area (Å²) < 4.78 is 51.1. The first-order valence-electron chi connectivity index (χ1n) is 6.94. The Bertz CT molecular complexity index is 456. The number of hydrogen-bond donors (Lipinski definition) is 1. The third-order valence-corrected chi connectivity index (χ3v) is 3.82. The van der Waals surface area contributed by atoms with Crippen LogP contribution in [0.25, 0.3) is 0 Å². The van der Waals surface area contributed by atoms with Crippen LogP contribution in [0.3, 0.4) is 0 Å². The van der Waals surface area contributed by atoms with Crippen molar-refractivity contribution in [2.24, 2.45) is 5.92 Å². The van der Waals surface area contributed by atoms with Gasteiger partial charge in [-0.25, -0.2) is 4.39 Å². The van der Waals surface area contributed by atoms with Crippen LogP contribution < -0.4 is 5.32 Å². The van der Waals surface area contributed by atoms with Crippen LogP contribution in [0, 0.1) is 11.7 Å². The topological polar surface area (TPSA) is 12.0 Å². The van der Waals surface area contributed by atoms with Gasteiger partial charge in [-0.3, -0.25) is 0 Å². The third-order valence-electron chi connectivity index (χ3n) is 3.82. The van der Waals surface area contributed by atoms with Crippen molar-refractivity contribution in [1.82, 2.24) is 5.32 Å². The highest BCUT2D eigenvalue weighted by Gasteiger charge is 2.31. The zero-order chi connectivity index (χ0) is 14.8. The normalized spacial score (nSPS) is 23.9. The van der Waals surface area contributed by atoms with Crippen molar-refractivity contribution in [3.05, 3.63) is 35.1 Å². The molecule has 1 aromatic carbocycles. The quantitative estimate of drug-likeness (QED) is 0.807. The van der Waals surface area contributed by atoms with Crippen LogP contribution in [0.2, 0.25) is 0 Å². The summed E-state index contributed by atoms with van der Waals surface area (Å²) in [6, 6.07) is 3.03. The first-order valence-corrected chi connectivity index (χ1v) is 6.94. The molecule has 1 fully saturated rings. The maximum atomic E-state index is 13.3. The lowest BCUT2D eigenvalue weighted by molar-refractivity contribution is -0.137. The highest BCUT2D eigenvalue weighted by atomic mass is 19.4. The highest BCUT2D eigenvalue weighted by molar-refractivity contribution is 5.26. The average Bonchev–Trinajstić information content (AvgIpc) is 2.35. The van der Waals surface area contributed by atoms with Gasteiger partial charge in [0.25, 0.3) is 0 Å². The van der Waals surface area contributed by atoms with Crippen LogP contribution in [-0.2, 0) is 12.7 Å². The van der Waals surface area contributed by atoms with Crippen molar-refractivity contribution in [1.29, 1.82) is 0 Å². The molecule has 1 nitrogen and oxygen atoms in total. The van der Waals surface area contributed by atoms with Gasteiger partial charge in [0.05, 0.1) is 5.56 Å². The first-order chi connectivity index (χ1) is 9.34. The Labute approximate surface area is 116 Å². The largest absolute Gasteiger partial charge is 0.416 e. The van der Waals surface area contributed by atoms with Crippen molar-refractivity contribution < 1.29 is 17.6 Å². The van der Waals surface area contributed by atoms with Gasteiger partial charge in [-0.05, 0) is 42.5 Å². The van der Waals surface area contributed by atoms with E-state index in [2.05, 4.69) is 12.2 Å². The Morgan fingerprint density at radius 1 is 1.20 bits per heavy atom. The molecule has 0 amide bonds. The smallest absolute Gasteiger partial charge is 0.310 e. The molecule has 0 spiro atoms. The van der Waals surface area contributed by atoms with Gasteiger partial charge < -0.3 is 5.32 Å². The molecule has 0 aromatic heterocycles. The molecule has 112 valence electrons. The van der Waals surface area contributed by atoms with Gasteiger partial charge in [0, 0.05) is 12.6 Å². The molecule has 0 bridgehead atoms. The third kappa shape index (κ3) is 4.20. The molecule has 1 aliphatic rings. The molecule has 2 rings (SSSR count). The maximum absolute atomic E-state index is 13.3. The Hall–Kier alpha value is -1.10. The summed E-state index contributed by atoms with van der Waals surface area (Å²) in [6.07, 6.45) is -0.102. The monoisotopic (exact) mass is 289 g/mol. The number of alkyl halides is 3. The van der Waals surface area contributed by atoms with E-state index in [9.17, 15) is 17.6 Å². The summed E-state index contributed by atoms with van der Waals surface area (Å²) in [7, 11) is 0. The standard InChI is InChI=1S/C15H19F4N/c1-10-3-2-4-14(5-10)20-9-11-6-12(15(17,18)19)8-13(16)7-11/h6-8,10,14,20H,2-5,9H2,1H3. The summed E-state index contributed by atoms with van der Waals surface area (Å²) in [6.45, 7) is 2.45. The molecule has 0 radical (unpaired) electrons. The number of rotatable bonds is 3. The van der Waals surface area contributed by atoms with Gasteiger partial charge in [-0.15, -0.1) is 0 Å². The van der Waals surface area contributed by atoms with E-state index < -0.39 is 17.6 Å². The van der Waals surface area contributed by atoms with Gasteiger partial charge in [0.15, 0.2) is 0 Å². The Morgan fingerprint density at radius 3 is 2.60 bits per heavy atom. The molecular weight excluding hydrogens is 270 g/mol. The van der Waals surface area contributed by atoms with E-state index in [1.165, 1.54) is 6.42 Å². The van der Waals surface area contributed by atoms with Crippen LogP contribution in [0.4, 0.5) is 17.6 Å². The second kappa shape index (κ2) is 6.12. The highest BCUT2D eigenvalue weighted by Crippen LogP contribution is 2.30. The molecule has 2 atom stereocenters. The summed E-state index contributed by atoms with van der Waals surface area (Å²) >= 11 is 0. The minimum Gasteiger partial charge on any atom is -0.310 e. The number of halogens is 4. The van der Waals surface area contributed by atoms with E-state index >= 15 is 0 Å². The first kappa shape index (κ1) is 15.3. The molecule has 20 heavy (non-hydrogen) atoms. The fourth-order valence-corrected chi connectivity index (χ4v) is 2.80. The van der Waals surface area contributed by atoms with Crippen molar-refractivity contribution in [2.45, 2.75) is 51.4 Å². The summed E-state index contributed by atoms with van der Waals surface area (Å²) in [5.74, 6) is -0.201. The lowest BCUT2D eigenvalue weighted by atomic mass is 9.87. The van der Waals surface area contributed by atoms with E-state index in [-0.39, 0.29) is 6.54 Å². The second-order valence-corrected chi connectivity index (χ2v) is 5.70. The Kier molecular flexibility index (Phi) is 4.68. The summed E-state index contributed by atoms with van der Waals surface area (Å²) in [5.41, 5.74) is -0.582. The van der Waals surface area contributed by atoms with Crippen LogP contribution in [0.15, 0.2) is 18.2 Å². The molecular formula is C15H19F4N. The lowest BCUT2D eigenvalue weighted by Gasteiger charge is -2.27. The second-order valence-electron chi connectivity index (χ2n) is 5.70. The minimum absolute atomic E-state index is 0.276. The molecule has 1 aliphatic carbocycles. The van der Waals surface area contributed by atoms with Crippen LogP contribution >= 0.6 is 0 Å². The minimum atomic E-state index is -4.50. The van der Waals surface area contributed by atoms with Crippen molar-refractivity contribution in [2.75, 3.05) is 0 Å². The van der Waals surface area contributed by atoms with E-state index in [0.29, 0.717) is 23.6 Å². The van der Waals surface area contributed by atoms with Gasteiger partial charge in [-0.2, -0.15) is 13.2 Å². The Morgan fingerprint density at radius 2 is 1.95 bits per heavy atom. The van der Waals surface area contributed by atoms with Gasteiger partial charge in [0.2, 0.25) is 0 Å². The molecule has 0 aliphatic heterocycles. The van der Waals surface area contributed by atoms with Crippen LogP contribution in [-0.4, -0.2) is 6.04 Å². The fourth-order valence-electron chi connectivity index (χ4n) is 2.80. The molecule has 1 aromatic rings. The van der Waals surface area contributed by atoms with Gasteiger partial charge >= 0.3 is 6.18 Å². The lowest BCUT2D eigenvalue weighted by Crippen LogP contribution is -2.33. The molecule has 0 heterocycles. The SMILES string of the molecule is CC1CCCC(NCc2cc(F)cc(C(F)(F)F)c2)C1. The van der Waals surface area contributed by atoms with Gasteiger partial charge in [-0.1, -0.05) is 19.8 Å². The molecule has 0 saturated heterocycles. The zero-order valence-corrected chi connectivity index (χ0v) is 11.4. The van der Waals surface area contributed by atoms with E-state index in [0.717, 1.165) is 31.4 Å². The number of benzene rings is 1. The van der Waals surface area contributed by atoms with E-state index in [1.807, 2.05) is 0 Å². The van der Waals surface area contributed by atoms with E-state index in [4.69, 9.17) is 0 Å². The average molecular weight is 289 g/mol. The fraction of sp³-hybridized carbons (Fsp3) is 0.600. The summed E-state index contributed by atoms with van der Waals surface area (Å²) in [4.78, 5) is 0. The predicted molar refractivity (Wildman–Crippen MR) is 69.7 cm³/mol. The maximum Gasteiger partial charge on any atom is 0.416 e. The predicted octanol–water partition coefficient (Wildman–Crippen LogP) is 4.51. The molecule has 1 saturated carbocycles. The van der Waals surface area contributed by atoms with Crippen LogP contribution in [0.5, 0.6) is 0 Å². The molecule has 5 heteroatoms. The number of hydrogen-bond acceptors (Lipinski definition) is 1. The van der Waals surface area contributed by atoms with Gasteiger partial charge in [0.1, 0.15) is 5.82 Å². The van der Waals surface area contributed by atoms with E-state index in [1.54, 1.807) is 0 Å². The zero-order valence-electron chi connectivity index (χ0n) is 11.4.